The fourth-order valence-corrected chi connectivity index (χ4v) is 3.34. The Morgan fingerprint density at radius 1 is 1.40 bits per heavy atom. The molecule has 1 N–H and O–H groups in total. The largest absolute Gasteiger partial charge is 0.398 e. The lowest BCUT2D eigenvalue weighted by molar-refractivity contribution is 0.0380. The van der Waals surface area contributed by atoms with E-state index in [4.69, 9.17) is 8.85 Å². The molecule has 1 saturated heterocycles. The molecule has 1 atom stereocenters. The third kappa shape index (κ3) is 3.84. The van der Waals surface area contributed by atoms with Crippen molar-refractivity contribution < 1.29 is 14.0 Å². The van der Waals surface area contributed by atoms with Gasteiger partial charge in [0, 0.05) is 27.3 Å². The molecule has 0 aromatic heterocycles. The molecular weight excluding hydrogens is 210 g/mol. The van der Waals surface area contributed by atoms with Crippen molar-refractivity contribution in [1.29, 1.82) is 0 Å². The van der Waals surface area contributed by atoms with Crippen LogP contribution in [0.1, 0.15) is 19.3 Å². The van der Waals surface area contributed by atoms with Gasteiger partial charge in [-0.15, -0.1) is 0 Å². The van der Waals surface area contributed by atoms with E-state index < -0.39 is 8.56 Å². The zero-order chi connectivity index (χ0) is 11.3. The number of aliphatic hydroxyl groups excluding tert-OH is 1. The Morgan fingerprint density at radius 2 is 2.07 bits per heavy atom. The van der Waals surface area contributed by atoms with E-state index in [9.17, 15) is 5.11 Å². The summed E-state index contributed by atoms with van der Waals surface area (Å²) >= 11 is 0. The summed E-state index contributed by atoms with van der Waals surface area (Å²) in [5.41, 5.74) is 0. The van der Waals surface area contributed by atoms with E-state index in [1.807, 2.05) is 0 Å². The Labute approximate surface area is 93.4 Å². The summed E-state index contributed by atoms with van der Waals surface area (Å²) in [4.78, 5) is 2.14. The first-order valence-corrected chi connectivity index (χ1v) is 8.16. The van der Waals surface area contributed by atoms with Gasteiger partial charge in [-0.25, -0.2) is 0 Å². The first-order valence-electron chi connectivity index (χ1n) is 5.64. The third-order valence-corrected chi connectivity index (χ3v) is 6.26. The summed E-state index contributed by atoms with van der Waals surface area (Å²) in [6.07, 6.45) is 2.86. The van der Waals surface area contributed by atoms with Gasteiger partial charge in [0.1, 0.15) is 6.23 Å². The van der Waals surface area contributed by atoms with E-state index in [0.717, 1.165) is 38.4 Å². The molecule has 0 aromatic carbocycles. The fraction of sp³-hybridized carbons (Fsp3) is 1.00. The molecule has 0 saturated carbocycles. The smallest absolute Gasteiger partial charge is 0.334 e. The number of likely N-dealkylation sites (tertiary alicyclic amines) is 1. The highest BCUT2D eigenvalue weighted by Crippen LogP contribution is 2.18. The van der Waals surface area contributed by atoms with Crippen LogP contribution in [-0.2, 0) is 8.85 Å². The molecular formula is C10H23NO3Si. The van der Waals surface area contributed by atoms with Crippen LogP contribution in [0.3, 0.4) is 0 Å². The highest BCUT2D eigenvalue weighted by atomic mass is 28.4. The Balaban J connectivity index is 2.20. The fourth-order valence-electron chi connectivity index (χ4n) is 1.96. The van der Waals surface area contributed by atoms with Crippen molar-refractivity contribution in [2.75, 3.05) is 27.3 Å². The Morgan fingerprint density at radius 3 is 2.53 bits per heavy atom. The highest BCUT2D eigenvalue weighted by molar-refractivity contribution is 6.65. The SMILES string of the molecule is CO[Si](C)(CCCN1CCCC1O)OC. The van der Waals surface area contributed by atoms with Gasteiger partial charge < -0.3 is 14.0 Å². The molecule has 5 heteroatoms. The van der Waals surface area contributed by atoms with Gasteiger partial charge in [0.2, 0.25) is 0 Å². The summed E-state index contributed by atoms with van der Waals surface area (Å²) in [6.45, 7) is 4.06. The van der Waals surface area contributed by atoms with E-state index in [1.165, 1.54) is 0 Å². The third-order valence-electron chi connectivity index (χ3n) is 3.27. The lowest BCUT2D eigenvalue weighted by atomic mass is 10.4. The van der Waals surface area contributed by atoms with Crippen LogP contribution in [0, 0.1) is 0 Å². The highest BCUT2D eigenvalue weighted by Gasteiger charge is 2.29. The molecule has 1 unspecified atom stereocenters. The standard InChI is InChI=1S/C10H23NO3Si/c1-13-15(3,14-2)9-5-8-11-7-4-6-10(11)12/h10,12H,4-9H2,1-3H3. The normalized spacial score (nSPS) is 23.6. The van der Waals surface area contributed by atoms with E-state index in [-0.39, 0.29) is 6.23 Å². The van der Waals surface area contributed by atoms with Crippen molar-refractivity contribution in [1.82, 2.24) is 4.90 Å². The maximum atomic E-state index is 9.61. The van der Waals surface area contributed by atoms with Crippen LogP contribution in [0.4, 0.5) is 0 Å². The lowest BCUT2D eigenvalue weighted by Gasteiger charge is -2.25. The molecule has 90 valence electrons. The minimum atomic E-state index is -1.90. The van der Waals surface area contributed by atoms with Crippen LogP contribution in [0.5, 0.6) is 0 Å². The average molecular weight is 233 g/mol. The van der Waals surface area contributed by atoms with Gasteiger partial charge in [-0.3, -0.25) is 4.90 Å². The minimum Gasteiger partial charge on any atom is -0.398 e. The van der Waals surface area contributed by atoms with Gasteiger partial charge >= 0.3 is 8.56 Å². The summed E-state index contributed by atoms with van der Waals surface area (Å²) in [6, 6.07) is 0.989. The van der Waals surface area contributed by atoms with Crippen molar-refractivity contribution >= 4 is 8.56 Å². The summed E-state index contributed by atoms with van der Waals surface area (Å²) in [7, 11) is 1.55. The van der Waals surface area contributed by atoms with Crippen LogP contribution < -0.4 is 0 Å². The van der Waals surface area contributed by atoms with Crippen LogP contribution in [0.25, 0.3) is 0 Å². The monoisotopic (exact) mass is 233 g/mol. The molecule has 0 radical (unpaired) electrons. The van der Waals surface area contributed by atoms with Gasteiger partial charge in [-0.05, 0) is 31.9 Å². The quantitative estimate of drug-likeness (QED) is 0.699. The Hall–Kier alpha value is 0.0569. The van der Waals surface area contributed by atoms with Gasteiger partial charge in [-0.2, -0.15) is 0 Å². The number of rotatable bonds is 6. The number of hydrogen-bond acceptors (Lipinski definition) is 4. The number of hydrogen-bond donors (Lipinski definition) is 1. The zero-order valence-corrected chi connectivity index (χ0v) is 11.0. The maximum Gasteiger partial charge on any atom is 0.334 e. The molecule has 0 aliphatic carbocycles. The molecule has 1 fully saturated rings. The number of nitrogens with zero attached hydrogens (tertiary/aromatic N) is 1. The molecule has 0 spiro atoms. The summed E-state index contributed by atoms with van der Waals surface area (Å²) < 4.78 is 10.8. The molecule has 0 aromatic rings. The van der Waals surface area contributed by atoms with Crippen molar-refractivity contribution in [3.05, 3.63) is 0 Å². The first-order chi connectivity index (χ1) is 7.11. The van der Waals surface area contributed by atoms with Crippen LogP contribution in [0.15, 0.2) is 0 Å². The van der Waals surface area contributed by atoms with E-state index in [0.29, 0.717) is 0 Å². The predicted molar refractivity (Wildman–Crippen MR) is 61.9 cm³/mol. The van der Waals surface area contributed by atoms with Gasteiger partial charge in [0.05, 0.1) is 0 Å². The van der Waals surface area contributed by atoms with Crippen molar-refractivity contribution in [3.8, 4) is 0 Å². The average Bonchev–Trinajstić information content (AvgIpc) is 2.64. The molecule has 1 rings (SSSR count). The van der Waals surface area contributed by atoms with Crippen molar-refractivity contribution in [3.63, 3.8) is 0 Å². The van der Waals surface area contributed by atoms with Crippen molar-refractivity contribution in [2.45, 2.75) is 38.1 Å². The second-order valence-corrected chi connectivity index (χ2v) is 7.89. The minimum absolute atomic E-state index is 0.219. The first kappa shape index (κ1) is 13.1. The lowest BCUT2D eigenvalue weighted by Crippen LogP contribution is -2.37. The van der Waals surface area contributed by atoms with Gasteiger partial charge in [0.25, 0.3) is 0 Å². The van der Waals surface area contributed by atoms with E-state index >= 15 is 0 Å². The molecule has 0 bridgehead atoms. The number of aliphatic hydroxyl groups is 1. The Kier molecular flexibility index (Phi) is 5.21. The van der Waals surface area contributed by atoms with E-state index in [1.54, 1.807) is 14.2 Å². The molecule has 1 aliphatic rings. The second kappa shape index (κ2) is 5.96. The van der Waals surface area contributed by atoms with Crippen molar-refractivity contribution in [2.24, 2.45) is 0 Å². The van der Waals surface area contributed by atoms with Crippen LogP contribution in [0.2, 0.25) is 12.6 Å². The summed E-state index contributed by atoms with van der Waals surface area (Å²) in [5, 5.41) is 9.61. The molecule has 1 heterocycles. The topological polar surface area (TPSA) is 41.9 Å². The van der Waals surface area contributed by atoms with Crippen LogP contribution in [-0.4, -0.2) is 52.1 Å². The van der Waals surface area contributed by atoms with E-state index in [2.05, 4.69) is 11.4 Å². The molecule has 4 nitrogen and oxygen atoms in total. The summed E-state index contributed by atoms with van der Waals surface area (Å²) in [5.74, 6) is 0. The molecule has 1 aliphatic heterocycles. The second-order valence-electron chi connectivity index (χ2n) is 4.30. The maximum absolute atomic E-state index is 9.61. The zero-order valence-electron chi connectivity index (χ0n) is 10.0. The van der Waals surface area contributed by atoms with Gasteiger partial charge in [-0.1, -0.05) is 0 Å². The van der Waals surface area contributed by atoms with Crippen LogP contribution >= 0.6 is 0 Å². The van der Waals surface area contributed by atoms with Gasteiger partial charge in [0.15, 0.2) is 0 Å². The predicted octanol–water partition coefficient (Wildman–Crippen LogP) is 1.16. The molecule has 15 heavy (non-hydrogen) atoms. The molecule has 0 amide bonds. The Bertz CT molecular complexity index is 188.